The summed E-state index contributed by atoms with van der Waals surface area (Å²) in [4.78, 5) is 2.59. The second kappa shape index (κ2) is 8.18. The lowest BCUT2D eigenvalue weighted by molar-refractivity contribution is 0.329. The average Bonchev–Trinajstić information content (AvgIpc) is 2.93. The van der Waals surface area contributed by atoms with Gasteiger partial charge >= 0.3 is 0 Å². The van der Waals surface area contributed by atoms with Crippen molar-refractivity contribution in [2.45, 2.75) is 32.1 Å². The minimum absolute atomic E-state index is 0.846. The Morgan fingerprint density at radius 3 is 2.47 bits per heavy atom. The van der Waals surface area contributed by atoms with Crippen molar-refractivity contribution in [3.63, 3.8) is 0 Å². The van der Waals surface area contributed by atoms with Crippen LogP contribution in [-0.4, -0.2) is 37.6 Å². The zero-order chi connectivity index (χ0) is 13.3. The topological polar surface area (TPSA) is 41.3 Å². The summed E-state index contributed by atoms with van der Waals surface area (Å²) < 4.78 is 0. The summed E-state index contributed by atoms with van der Waals surface area (Å²) in [6.07, 6.45) is 6.51. The van der Waals surface area contributed by atoms with Crippen molar-refractivity contribution in [1.29, 1.82) is 0 Å². The minimum atomic E-state index is 0.846. The highest BCUT2D eigenvalue weighted by molar-refractivity contribution is 5.39. The van der Waals surface area contributed by atoms with Crippen molar-refractivity contribution in [3.8, 4) is 0 Å². The van der Waals surface area contributed by atoms with E-state index in [1.807, 2.05) is 12.1 Å². The van der Waals surface area contributed by atoms with Gasteiger partial charge in [-0.15, -0.1) is 0 Å². The number of nitrogens with two attached hydrogens (primary N) is 1. The van der Waals surface area contributed by atoms with Gasteiger partial charge in [-0.05, 0) is 82.5 Å². The molecule has 3 N–H and O–H groups in total. The Morgan fingerprint density at radius 1 is 1.00 bits per heavy atom. The molecule has 19 heavy (non-hydrogen) atoms. The number of anilines is 1. The molecule has 0 radical (unpaired) electrons. The number of nitrogens with zero attached hydrogens (tertiary/aromatic N) is 1. The molecule has 0 spiro atoms. The maximum atomic E-state index is 5.67. The molecule has 0 saturated carbocycles. The molecule has 1 fully saturated rings. The molecular weight excluding hydrogens is 234 g/mol. The van der Waals surface area contributed by atoms with Crippen LogP contribution in [-0.2, 0) is 6.42 Å². The minimum Gasteiger partial charge on any atom is -0.399 e. The summed E-state index contributed by atoms with van der Waals surface area (Å²) in [6, 6.07) is 8.19. The van der Waals surface area contributed by atoms with E-state index < -0.39 is 0 Å². The Balaban J connectivity index is 1.44. The molecule has 2 rings (SSSR count). The largest absolute Gasteiger partial charge is 0.399 e. The first kappa shape index (κ1) is 14.4. The molecule has 1 aromatic rings. The molecule has 0 aromatic heterocycles. The first-order valence-electron chi connectivity index (χ1n) is 7.62. The predicted octanol–water partition coefficient (Wildman–Crippen LogP) is 2.28. The summed E-state index contributed by atoms with van der Waals surface area (Å²) in [7, 11) is 0. The summed E-state index contributed by atoms with van der Waals surface area (Å²) in [5.74, 6) is 0. The summed E-state index contributed by atoms with van der Waals surface area (Å²) >= 11 is 0. The van der Waals surface area contributed by atoms with E-state index >= 15 is 0 Å². The monoisotopic (exact) mass is 261 g/mol. The summed E-state index contributed by atoms with van der Waals surface area (Å²) in [6.45, 7) is 6.14. The van der Waals surface area contributed by atoms with Gasteiger partial charge in [0.15, 0.2) is 0 Å². The molecule has 0 amide bonds. The molecule has 106 valence electrons. The fourth-order valence-electron chi connectivity index (χ4n) is 2.63. The van der Waals surface area contributed by atoms with Crippen LogP contribution < -0.4 is 11.1 Å². The van der Waals surface area contributed by atoms with Crippen molar-refractivity contribution in [1.82, 2.24) is 10.2 Å². The molecule has 3 heteroatoms. The van der Waals surface area contributed by atoms with Crippen molar-refractivity contribution < 1.29 is 0 Å². The van der Waals surface area contributed by atoms with Crippen LogP contribution in [0.1, 0.15) is 31.2 Å². The fourth-order valence-corrected chi connectivity index (χ4v) is 2.63. The van der Waals surface area contributed by atoms with Gasteiger partial charge in [0.25, 0.3) is 0 Å². The molecule has 0 atom stereocenters. The normalized spacial score (nSPS) is 16.0. The zero-order valence-electron chi connectivity index (χ0n) is 11.9. The third-order valence-electron chi connectivity index (χ3n) is 3.85. The highest BCUT2D eigenvalue weighted by Gasteiger charge is 2.09. The van der Waals surface area contributed by atoms with Gasteiger partial charge in [-0.3, -0.25) is 0 Å². The van der Waals surface area contributed by atoms with Crippen molar-refractivity contribution in [2.75, 3.05) is 38.5 Å². The Morgan fingerprint density at radius 2 is 1.74 bits per heavy atom. The van der Waals surface area contributed by atoms with Crippen LogP contribution in [0.3, 0.4) is 0 Å². The van der Waals surface area contributed by atoms with Crippen LogP contribution in [0, 0.1) is 0 Å². The zero-order valence-corrected chi connectivity index (χ0v) is 11.9. The maximum absolute atomic E-state index is 5.67. The third-order valence-corrected chi connectivity index (χ3v) is 3.85. The van der Waals surface area contributed by atoms with Crippen LogP contribution in [0.5, 0.6) is 0 Å². The van der Waals surface area contributed by atoms with Gasteiger partial charge in [-0.1, -0.05) is 12.1 Å². The molecule has 1 saturated heterocycles. The Hall–Kier alpha value is -1.06. The number of rotatable bonds is 8. The smallest absolute Gasteiger partial charge is 0.0314 e. The van der Waals surface area contributed by atoms with Gasteiger partial charge in [0.2, 0.25) is 0 Å². The molecule has 1 aromatic carbocycles. The van der Waals surface area contributed by atoms with Gasteiger partial charge in [0.05, 0.1) is 0 Å². The molecule has 0 bridgehead atoms. The fraction of sp³-hybridized carbons (Fsp3) is 0.625. The lowest BCUT2D eigenvalue weighted by atomic mass is 10.1. The predicted molar refractivity (Wildman–Crippen MR) is 82.3 cm³/mol. The van der Waals surface area contributed by atoms with Gasteiger partial charge in [-0.2, -0.15) is 0 Å². The lowest BCUT2D eigenvalue weighted by Gasteiger charge is -2.14. The van der Waals surface area contributed by atoms with Crippen LogP contribution in [0.2, 0.25) is 0 Å². The number of nitrogens with one attached hydrogen (secondary N) is 1. The lowest BCUT2D eigenvalue weighted by Crippen LogP contribution is -2.23. The highest BCUT2D eigenvalue weighted by atomic mass is 15.1. The van der Waals surface area contributed by atoms with Crippen molar-refractivity contribution in [2.24, 2.45) is 0 Å². The van der Waals surface area contributed by atoms with E-state index in [0.717, 1.165) is 25.2 Å². The molecule has 1 heterocycles. The maximum Gasteiger partial charge on any atom is 0.0314 e. The molecular formula is C16H27N3. The summed E-state index contributed by atoms with van der Waals surface area (Å²) in [5, 5.41) is 3.52. The van der Waals surface area contributed by atoms with E-state index in [2.05, 4.69) is 22.3 Å². The highest BCUT2D eigenvalue weighted by Crippen LogP contribution is 2.08. The number of nitrogen functional groups attached to an aromatic ring is 1. The Bertz CT molecular complexity index is 342. The van der Waals surface area contributed by atoms with Gasteiger partial charge in [0, 0.05) is 5.69 Å². The molecule has 3 nitrogen and oxygen atoms in total. The van der Waals surface area contributed by atoms with Crippen molar-refractivity contribution in [3.05, 3.63) is 29.8 Å². The molecule has 1 aliphatic heterocycles. The standard InChI is InChI=1S/C16H27N3/c17-16-7-5-15(6-8-16)9-11-18-10-1-2-12-19-13-3-4-14-19/h5-8,18H,1-4,9-14,17H2. The molecule has 1 aliphatic rings. The van der Waals surface area contributed by atoms with Crippen LogP contribution in [0.15, 0.2) is 24.3 Å². The van der Waals surface area contributed by atoms with E-state index in [4.69, 9.17) is 5.73 Å². The number of hydrogen-bond donors (Lipinski definition) is 2. The Kier molecular flexibility index (Phi) is 6.18. The average molecular weight is 261 g/mol. The number of likely N-dealkylation sites (tertiary alicyclic amines) is 1. The van der Waals surface area contributed by atoms with Crippen molar-refractivity contribution >= 4 is 5.69 Å². The second-order valence-corrected chi connectivity index (χ2v) is 5.50. The van der Waals surface area contributed by atoms with Crippen LogP contribution >= 0.6 is 0 Å². The Labute approximate surface area is 117 Å². The van der Waals surface area contributed by atoms with E-state index in [9.17, 15) is 0 Å². The van der Waals surface area contributed by atoms with Crippen LogP contribution in [0.4, 0.5) is 5.69 Å². The van der Waals surface area contributed by atoms with E-state index in [1.54, 1.807) is 0 Å². The van der Waals surface area contributed by atoms with Crippen LogP contribution in [0.25, 0.3) is 0 Å². The SMILES string of the molecule is Nc1ccc(CCNCCCCN2CCCC2)cc1. The first-order chi connectivity index (χ1) is 9.34. The van der Waals surface area contributed by atoms with Gasteiger partial charge in [0.1, 0.15) is 0 Å². The first-order valence-corrected chi connectivity index (χ1v) is 7.62. The molecule has 0 unspecified atom stereocenters. The number of hydrogen-bond acceptors (Lipinski definition) is 3. The van der Waals surface area contributed by atoms with E-state index in [1.165, 1.54) is 50.9 Å². The quantitative estimate of drug-likeness (QED) is 0.557. The third kappa shape index (κ3) is 5.62. The second-order valence-electron chi connectivity index (χ2n) is 5.50. The van der Waals surface area contributed by atoms with Gasteiger partial charge in [-0.25, -0.2) is 0 Å². The summed E-state index contributed by atoms with van der Waals surface area (Å²) in [5.41, 5.74) is 7.87. The van der Waals surface area contributed by atoms with E-state index in [-0.39, 0.29) is 0 Å². The number of unbranched alkanes of at least 4 members (excludes halogenated alkanes) is 1. The number of benzene rings is 1. The van der Waals surface area contributed by atoms with E-state index in [0.29, 0.717) is 0 Å². The van der Waals surface area contributed by atoms with Gasteiger partial charge < -0.3 is 16.0 Å². The molecule has 0 aliphatic carbocycles.